The maximum absolute atomic E-state index is 12.8. The Morgan fingerprint density at radius 1 is 1.08 bits per heavy atom. The van der Waals surface area contributed by atoms with Crippen molar-refractivity contribution < 1.29 is 9.53 Å². The predicted molar refractivity (Wildman–Crippen MR) is 103 cm³/mol. The van der Waals surface area contributed by atoms with Gasteiger partial charge in [-0.25, -0.2) is 0 Å². The van der Waals surface area contributed by atoms with Gasteiger partial charge in [0.25, 0.3) is 5.91 Å². The molecule has 0 aliphatic carbocycles. The normalized spacial score (nSPS) is 19.9. The number of ether oxygens (including phenoxy) is 1. The van der Waals surface area contributed by atoms with E-state index in [0.29, 0.717) is 11.4 Å². The van der Waals surface area contributed by atoms with Gasteiger partial charge < -0.3 is 9.64 Å². The molecule has 1 atom stereocenters. The van der Waals surface area contributed by atoms with Gasteiger partial charge >= 0.3 is 0 Å². The lowest BCUT2D eigenvalue weighted by atomic mass is 10.1. The van der Waals surface area contributed by atoms with Gasteiger partial charge in [0, 0.05) is 44.2 Å². The van der Waals surface area contributed by atoms with E-state index in [1.165, 1.54) is 5.56 Å². The Bertz CT molecular complexity index is 773. The topological polar surface area (TPSA) is 32.8 Å². The van der Waals surface area contributed by atoms with Crippen LogP contribution >= 0.6 is 11.6 Å². The summed E-state index contributed by atoms with van der Waals surface area (Å²) < 4.78 is 5.85. The number of piperazine rings is 1. The summed E-state index contributed by atoms with van der Waals surface area (Å²) in [5, 5.41) is 0.687. The van der Waals surface area contributed by atoms with E-state index in [9.17, 15) is 4.79 Å². The average molecular weight is 371 g/mol. The molecule has 26 heavy (non-hydrogen) atoms. The minimum atomic E-state index is -0.403. The first-order valence-electron chi connectivity index (χ1n) is 9.19. The number of nitrogens with zero attached hydrogens (tertiary/aromatic N) is 2. The number of hydrogen-bond donors (Lipinski definition) is 0. The molecule has 1 unspecified atom stereocenters. The number of carbonyl (C=O) groups is 1. The highest BCUT2D eigenvalue weighted by Crippen LogP contribution is 2.31. The fourth-order valence-electron chi connectivity index (χ4n) is 3.68. The summed E-state index contributed by atoms with van der Waals surface area (Å²) in [6.45, 7) is 4.42. The number of halogens is 1. The quantitative estimate of drug-likeness (QED) is 0.829. The molecule has 1 amide bonds. The Hall–Kier alpha value is -2.04. The minimum absolute atomic E-state index is 0.0973. The fourth-order valence-corrected chi connectivity index (χ4v) is 3.88. The van der Waals surface area contributed by atoms with Crippen molar-refractivity contribution >= 4 is 17.5 Å². The second kappa shape index (κ2) is 7.68. The lowest BCUT2D eigenvalue weighted by Crippen LogP contribution is -2.52. The molecule has 0 spiro atoms. The molecule has 4 nitrogen and oxygen atoms in total. The molecule has 0 N–H and O–H groups in total. The van der Waals surface area contributed by atoms with Crippen LogP contribution in [0.25, 0.3) is 0 Å². The number of hydrogen-bond acceptors (Lipinski definition) is 3. The van der Waals surface area contributed by atoms with E-state index < -0.39 is 6.10 Å². The Balaban J connectivity index is 1.26. The van der Waals surface area contributed by atoms with Crippen molar-refractivity contribution in [2.24, 2.45) is 0 Å². The molecule has 0 aromatic heterocycles. The van der Waals surface area contributed by atoms with Crippen LogP contribution in [0.5, 0.6) is 5.75 Å². The van der Waals surface area contributed by atoms with Crippen LogP contribution in [0.3, 0.4) is 0 Å². The molecule has 136 valence electrons. The van der Waals surface area contributed by atoms with Gasteiger partial charge in [0.2, 0.25) is 0 Å². The van der Waals surface area contributed by atoms with Crippen molar-refractivity contribution in [3.05, 3.63) is 64.7 Å². The SMILES string of the molecule is O=C(C1Cc2cc(Cl)ccc2O1)N1CCN(CCc2ccccc2)CC1. The van der Waals surface area contributed by atoms with Crippen molar-refractivity contribution in [2.75, 3.05) is 32.7 Å². The number of benzene rings is 2. The minimum Gasteiger partial charge on any atom is -0.480 e. The summed E-state index contributed by atoms with van der Waals surface area (Å²) >= 11 is 6.03. The molecular formula is C21H23ClN2O2. The Morgan fingerprint density at radius 2 is 1.85 bits per heavy atom. The molecule has 0 saturated carbocycles. The summed E-state index contributed by atoms with van der Waals surface area (Å²) in [5.41, 5.74) is 2.39. The van der Waals surface area contributed by atoms with E-state index in [1.807, 2.05) is 23.1 Å². The number of fused-ring (bicyclic) bond motifs is 1. The van der Waals surface area contributed by atoms with Gasteiger partial charge in [-0.3, -0.25) is 9.69 Å². The molecule has 2 aliphatic rings. The summed E-state index contributed by atoms with van der Waals surface area (Å²) in [6, 6.07) is 16.1. The second-order valence-electron chi connectivity index (χ2n) is 6.97. The first-order chi connectivity index (χ1) is 12.7. The zero-order valence-corrected chi connectivity index (χ0v) is 15.5. The highest BCUT2D eigenvalue weighted by Gasteiger charge is 2.33. The Morgan fingerprint density at radius 3 is 2.62 bits per heavy atom. The Kier molecular flexibility index (Phi) is 5.14. The first kappa shape index (κ1) is 17.4. The van der Waals surface area contributed by atoms with Gasteiger partial charge in [0.05, 0.1) is 0 Å². The van der Waals surface area contributed by atoms with E-state index >= 15 is 0 Å². The zero-order valence-electron chi connectivity index (χ0n) is 14.7. The third-order valence-electron chi connectivity index (χ3n) is 5.22. The molecule has 2 aromatic rings. The van der Waals surface area contributed by atoms with E-state index in [-0.39, 0.29) is 5.91 Å². The van der Waals surface area contributed by atoms with Crippen LogP contribution in [0.4, 0.5) is 0 Å². The number of carbonyl (C=O) groups excluding carboxylic acids is 1. The smallest absolute Gasteiger partial charge is 0.264 e. The molecule has 2 aromatic carbocycles. The van der Waals surface area contributed by atoms with Crippen LogP contribution in [0.2, 0.25) is 5.02 Å². The van der Waals surface area contributed by atoms with Crippen LogP contribution in [-0.4, -0.2) is 54.5 Å². The number of rotatable bonds is 4. The van der Waals surface area contributed by atoms with Gasteiger partial charge in [-0.2, -0.15) is 0 Å². The molecule has 5 heteroatoms. The summed E-state index contributed by atoms with van der Waals surface area (Å²) in [4.78, 5) is 17.2. The fraction of sp³-hybridized carbons (Fsp3) is 0.381. The summed E-state index contributed by atoms with van der Waals surface area (Å²) in [5.74, 6) is 0.884. The van der Waals surface area contributed by atoms with Gasteiger partial charge in [-0.1, -0.05) is 41.9 Å². The Labute approximate surface area is 159 Å². The highest BCUT2D eigenvalue weighted by molar-refractivity contribution is 6.30. The van der Waals surface area contributed by atoms with Crippen LogP contribution in [-0.2, 0) is 17.6 Å². The van der Waals surface area contributed by atoms with Crippen LogP contribution in [0.1, 0.15) is 11.1 Å². The van der Waals surface area contributed by atoms with Crippen molar-refractivity contribution in [1.82, 2.24) is 9.80 Å². The van der Waals surface area contributed by atoms with Crippen molar-refractivity contribution in [2.45, 2.75) is 18.9 Å². The van der Waals surface area contributed by atoms with Crippen molar-refractivity contribution in [1.29, 1.82) is 0 Å². The molecule has 0 bridgehead atoms. The zero-order chi connectivity index (χ0) is 17.9. The van der Waals surface area contributed by atoms with Gasteiger partial charge in [-0.05, 0) is 35.7 Å². The summed E-state index contributed by atoms with van der Waals surface area (Å²) in [7, 11) is 0. The van der Waals surface area contributed by atoms with Crippen molar-refractivity contribution in [3.63, 3.8) is 0 Å². The molecule has 1 fully saturated rings. The molecule has 2 heterocycles. The number of amides is 1. The summed E-state index contributed by atoms with van der Waals surface area (Å²) in [6.07, 6.45) is 1.26. The van der Waals surface area contributed by atoms with E-state index in [1.54, 1.807) is 6.07 Å². The van der Waals surface area contributed by atoms with Crippen LogP contribution < -0.4 is 4.74 Å². The van der Waals surface area contributed by atoms with Gasteiger partial charge in [-0.15, -0.1) is 0 Å². The predicted octanol–water partition coefficient (Wildman–Crippen LogP) is 3.03. The van der Waals surface area contributed by atoms with Gasteiger partial charge in [0.1, 0.15) is 5.75 Å². The van der Waals surface area contributed by atoms with Crippen LogP contribution in [0, 0.1) is 0 Å². The lowest BCUT2D eigenvalue weighted by Gasteiger charge is -2.35. The lowest BCUT2D eigenvalue weighted by molar-refractivity contribution is -0.139. The first-order valence-corrected chi connectivity index (χ1v) is 9.57. The maximum atomic E-state index is 12.8. The standard InChI is InChI=1S/C21H23ClN2O2/c22-18-6-7-19-17(14-18)15-20(26-19)21(25)24-12-10-23(11-13-24)9-8-16-4-2-1-3-5-16/h1-7,14,20H,8-13,15H2. The average Bonchev–Trinajstić information content (AvgIpc) is 3.10. The third kappa shape index (κ3) is 3.87. The molecule has 4 rings (SSSR count). The molecule has 1 saturated heterocycles. The maximum Gasteiger partial charge on any atom is 0.264 e. The van der Waals surface area contributed by atoms with E-state index in [0.717, 1.165) is 50.5 Å². The highest BCUT2D eigenvalue weighted by atomic mass is 35.5. The second-order valence-corrected chi connectivity index (χ2v) is 7.40. The molecule has 2 aliphatic heterocycles. The van der Waals surface area contributed by atoms with Crippen LogP contribution in [0.15, 0.2) is 48.5 Å². The van der Waals surface area contributed by atoms with E-state index in [2.05, 4.69) is 29.2 Å². The monoisotopic (exact) mass is 370 g/mol. The van der Waals surface area contributed by atoms with Crippen molar-refractivity contribution in [3.8, 4) is 5.75 Å². The largest absolute Gasteiger partial charge is 0.480 e. The third-order valence-corrected chi connectivity index (χ3v) is 5.45. The van der Waals surface area contributed by atoms with E-state index in [4.69, 9.17) is 16.3 Å². The molecule has 0 radical (unpaired) electrons. The molecular weight excluding hydrogens is 348 g/mol. The van der Waals surface area contributed by atoms with Gasteiger partial charge in [0.15, 0.2) is 6.10 Å².